The Bertz CT molecular complexity index is 2040. The van der Waals surface area contributed by atoms with Crippen LogP contribution in [-0.4, -0.2) is 92.8 Å². The Morgan fingerprint density at radius 2 is 1.48 bits per heavy atom. The number of hydrogen-bond donors (Lipinski definition) is 1. The van der Waals surface area contributed by atoms with Gasteiger partial charge in [0.15, 0.2) is 23.1 Å². The number of nitrogens with zero attached hydrogens (tertiary/aromatic N) is 2. The Kier molecular flexibility index (Phi) is 10.6. The number of ketones is 1. The molecule has 3 aromatic carbocycles. The third kappa shape index (κ3) is 7.28. The summed E-state index contributed by atoms with van der Waals surface area (Å²) in [7, 11) is 1.58. The van der Waals surface area contributed by atoms with Crippen LogP contribution < -0.4 is 18.9 Å². The molecular formula is C38H46N2O11S. The van der Waals surface area contributed by atoms with Crippen LogP contribution >= 0.6 is 0 Å². The van der Waals surface area contributed by atoms with Crippen LogP contribution in [0, 0.1) is 0 Å². The number of rotatable bonds is 12. The van der Waals surface area contributed by atoms with Crippen LogP contribution in [0.4, 0.5) is 4.79 Å². The molecule has 0 spiro atoms. The molecule has 1 N–H and O–H groups in total. The standard InChI is InChI=1S/C38H46N2O11S/c1-36(2,3)40(35(42)43)38(22-50-37(4,5)51-23-38)17-16-24-10-13-27(14-11-24)52(44,45)39-21-29(28-15-12-26(46-6)20-30(28)39)33(41)25-18-31(47-7)34(49-9)32(19-25)48-8/h10-15,18-21H,16-17,22-23H2,1-9H3,(H,42,43). The Balaban J connectivity index is 1.50. The van der Waals surface area contributed by atoms with Crippen molar-refractivity contribution in [1.29, 1.82) is 0 Å². The van der Waals surface area contributed by atoms with Gasteiger partial charge in [-0.2, -0.15) is 0 Å². The van der Waals surface area contributed by atoms with Crippen molar-refractivity contribution in [1.82, 2.24) is 8.87 Å². The lowest BCUT2D eigenvalue weighted by molar-refractivity contribution is -0.289. The van der Waals surface area contributed by atoms with Crippen LogP contribution in [0.3, 0.4) is 0 Å². The van der Waals surface area contributed by atoms with Crippen molar-refractivity contribution >= 4 is 32.8 Å². The number of benzene rings is 3. The molecule has 14 heteroatoms. The molecule has 1 aromatic heterocycles. The fourth-order valence-corrected chi connectivity index (χ4v) is 8.02. The number of aryl methyl sites for hydroxylation is 1. The fraction of sp³-hybridized carbons (Fsp3) is 0.421. The van der Waals surface area contributed by atoms with Gasteiger partial charge >= 0.3 is 6.09 Å². The van der Waals surface area contributed by atoms with E-state index in [1.54, 1.807) is 44.2 Å². The highest BCUT2D eigenvalue weighted by molar-refractivity contribution is 7.90. The molecule has 0 unspecified atom stereocenters. The van der Waals surface area contributed by atoms with Crippen molar-refractivity contribution in [3.63, 3.8) is 0 Å². The van der Waals surface area contributed by atoms with E-state index < -0.39 is 38.8 Å². The highest BCUT2D eigenvalue weighted by atomic mass is 32.2. The number of fused-ring (bicyclic) bond motifs is 1. The third-order valence-corrected chi connectivity index (χ3v) is 10.9. The predicted octanol–water partition coefficient (Wildman–Crippen LogP) is 6.38. The van der Waals surface area contributed by atoms with E-state index >= 15 is 0 Å². The Hall–Kier alpha value is -4.79. The molecule has 4 aromatic rings. The number of aromatic nitrogens is 1. The van der Waals surface area contributed by atoms with Gasteiger partial charge in [-0.3, -0.25) is 9.69 Å². The highest BCUT2D eigenvalue weighted by Gasteiger charge is 2.50. The van der Waals surface area contributed by atoms with Gasteiger partial charge < -0.3 is 33.5 Å². The SMILES string of the molecule is COc1ccc2c(C(=O)c3cc(OC)c(OC)c(OC)c3)cn(S(=O)(=O)c3ccc(CCC4(N(C(=O)O)C(C)(C)C)COC(C)(C)OC4)cc3)c2c1. The molecule has 52 heavy (non-hydrogen) atoms. The summed E-state index contributed by atoms with van der Waals surface area (Å²) < 4.78 is 63.2. The second-order valence-electron chi connectivity index (χ2n) is 14.1. The van der Waals surface area contributed by atoms with E-state index in [0.717, 1.165) is 9.54 Å². The summed E-state index contributed by atoms with van der Waals surface area (Å²) in [5.74, 6) is -0.0492. The van der Waals surface area contributed by atoms with Gasteiger partial charge in [0.25, 0.3) is 10.0 Å². The van der Waals surface area contributed by atoms with Gasteiger partial charge in [-0.1, -0.05) is 12.1 Å². The van der Waals surface area contributed by atoms with E-state index in [1.807, 2.05) is 20.8 Å². The minimum Gasteiger partial charge on any atom is -0.497 e. The maximum absolute atomic E-state index is 14.3. The summed E-state index contributed by atoms with van der Waals surface area (Å²) in [6.07, 6.45) is 1.01. The van der Waals surface area contributed by atoms with E-state index in [1.165, 1.54) is 63.8 Å². The van der Waals surface area contributed by atoms with Crippen LogP contribution in [0.1, 0.15) is 62.5 Å². The number of amides is 1. The summed E-state index contributed by atoms with van der Waals surface area (Å²) in [5.41, 5.74) is -0.342. The van der Waals surface area contributed by atoms with Gasteiger partial charge in [0.05, 0.1) is 57.6 Å². The molecule has 5 rings (SSSR count). The van der Waals surface area contributed by atoms with Crippen molar-refractivity contribution in [3.05, 3.63) is 77.5 Å². The first-order valence-corrected chi connectivity index (χ1v) is 18.0. The Morgan fingerprint density at radius 1 is 0.885 bits per heavy atom. The third-order valence-electron chi connectivity index (χ3n) is 9.22. The van der Waals surface area contributed by atoms with E-state index in [4.69, 9.17) is 28.4 Å². The Labute approximate surface area is 304 Å². The van der Waals surface area contributed by atoms with Gasteiger partial charge in [0.2, 0.25) is 5.75 Å². The maximum Gasteiger partial charge on any atom is 0.408 e. The number of hydrogen-bond acceptors (Lipinski definition) is 10. The second kappa shape index (κ2) is 14.3. The second-order valence-corrected chi connectivity index (χ2v) is 15.9. The molecule has 0 bridgehead atoms. The van der Waals surface area contributed by atoms with Gasteiger partial charge in [-0.15, -0.1) is 0 Å². The van der Waals surface area contributed by atoms with E-state index in [0.29, 0.717) is 29.7 Å². The molecule has 0 radical (unpaired) electrons. The van der Waals surface area contributed by atoms with E-state index in [9.17, 15) is 23.1 Å². The van der Waals surface area contributed by atoms with Gasteiger partial charge in [0, 0.05) is 34.3 Å². The quantitative estimate of drug-likeness (QED) is 0.161. The minimum absolute atomic E-state index is 0.00888. The summed E-state index contributed by atoms with van der Waals surface area (Å²) in [6.45, 7) is 9.32. The fourth-order valence-electron chi connectivity index (χ4n) is 6.66. The van der Waals surface area contributed by atoms with Crippen LogP contribution in [0.25, 0.3) is 10.9 Å². The topological polar surface area (TPSA) is 152 Å². The van der Waals surface area contributed by atoms with Crippen molar-refractivity contribution in [2.75, 3.05) is 41.7 Å². The Morgan fingerprint density at radius 3 is 1.98 bits per heavy atom. The van der Waals surface area contributed by atoms with Crippen molar-refractivity contribution in [2.24, 2.45) is 0 Å². The lowest BCUT2D eigenvalue weighted by Crippen LogP contribution is -2.67. The van der Waals surface area contributed by atoms with Gasteiger partial charge in [-0.25, -0.2) is 17.2 Å². The molecule has 1 aliphatic rings. The summed E-state index contributed by atoms with van der Waals surface area (Å²) in [5, 5.41) is 10.7. The molecule has 0 atom stereocenters. The van der Waals surface area contributed by atoms with Crippen molar-refractivity contribution < 1.29 is 51.5 Å². The summed E-state index contributed by atoms with van der Waals surface area (Å²) in [6, 6.07) is 14.3. The summed E-state index contributed by atoms with van der Waals surface area (Å²) >= 11 is 0. The normalized spacial score (nSPS) is 15.6. The van der Waals surface area contributed by atoms with E-state index in [-0.39, 0.29) is 46.3 Å². The molecule has 1 amide bonds. The monoisotopic (exact) mass is 738 g/mol. The first kappa shape index (κ1) is 38.4. The molecule has 1 aliphatic heterocycles. The first-order chi connectivity index (χ1) is 24.4. The van der Waals surface area contributed by atoms with Crippen molar-refractivity contribution in [3.8, 4) is 23.0 Å². The first-order valence-electron chi connectivity index (χ1n) is 16.6. The molecular weight excluding hydrogens is 692 g/mol. The van der Waals surface area contributed by atoms with Crippen molar-refractivity contribution in [2.45, 2.75) is 69.2 Å². The lowest BCUT2D eigenvalue weighted by atomic mass is 9.86. The van der Waals surface area contributed by atoms with E-state index in [2.05, 4.69) is 0 Å². The van der Waals surface area contributed by atoms with Crippen LogP contribution in [0.2, 0.25) is 0 Å². The molecule has 280 valence electrons. The average Bonchev–Trinajstić information content (AvgIpc) is 3.50. The molecule has 0 aliphatic carbocycles. The molecule has 2 heterocycles. The largest absolute Gasteiger partial charge is 0.497 e. The zero-order chi connectivity index (χ0) is 38.2. The van der Waals surface area contributed by atoms with Gasteiger partial charge in [0.1, 0.15) is 5.75 Å². The lowest BCUT2D eigenvalue weighted by Gasteiger charge is -2.53. The maximum atomic E-state index is 14.3. The molecule has 13 nitrogen and oxygen atoms in total. The average molecular weight is 739 g/mol. The molecule has 1 saturated heterocycles. The van der Waals surface area contributed by atoms with Gasteiger partial charge in [-0.05, 0) is 89.4 Å². The summed E-state index contributed by atoms with van der Waals surface area (Å²) in [4.78, 5) is 28.0. The van der Waals surface area contributed by atoms with Crippen LogP contribution in [0.5, 0.6) is 23.0 Å². The number of carbonyl (C=O) groups is 2. The zero-order valence-corrected chi connectivity index (χ0v) is 31.8. The molecule has 1 fully saturated rings. The van der Waals surface area contributed by atoms with Crippen LogP contribution in [-0.2, 0) is 25.9 Å². The predicted molar refractivity (Wildman–Crippen MR) is 194 cm³/mol. The highest BCUT2D eigenvalue weighted by Crippen LogP contribution is 2.40. The number of carboxylic acid groups (broad SMARTS) is 1. The zero-order valence-electron chi connectivity index (χ0n) is 30.9. The number of ether oxygens (including phenoxy) is 6. The number of carbonyl (C=O) groups excluding carboxylic acids is 1. The van der Waals surface area contributed by atoms with Crippen LogP contribution in [0.15, 0.2) is 65.7 Å². The number of methoxy groups -OCH3 is 4. The minimum atomic E-state index is -4.23. The molecule has 0 saturated carbocycles. The smallest absolute Gasteiger partial charge is 0.408 e.